The number of hydrogen-bond donors (Lipinski definition) is 0. The summed E-state index contributed by atoms with van der Waals surface area (Å²) < 4.78 is 0. The van der Waals surface area contributed by atoms with Crippen LogP contribution in [0.2, 0.25) is 0 Å². The summed E-state index contributed by atoms with van der Waals surface area (Å²) in [6, 6.07) is 0. The molecular formula is C28H58. The quantitative estimate of drug-likeness (QED) is 0.191. The fraction of sp³-hybridized carbons (Fsp3) is 1.00. The van der Waals surface area contributed by atoms with E-state index >= 15 is 0 Å². The summed E-state index contributed by atoms with van der Waals surface area (Å²) in [6.07, 6.45) is 20.1. The smallest absolute Gasteiger partial charge is 0.0363 e. The molecule has 0 aliphatic rings. The molecule has 4 unspecified atom stereocenters. The molecule has 0 saturated carbocycles. The topological polar surface area (TPSA) is 0 Å². The van der Waals surface area contributed by atoms with Crippen molar-refractivity contribution < 1.29 is 0 Å². The van der Waals surface area contributed by atoms with E-state index in [1.165, 1.54) is 89.9 Å². The Morgan fingerprint density at radius 2 is 1.04 bits per heavy atom. The summed E-state index contributed by atoms with van der Waals surface area (Å²) in [5, 5.41) is 0. The minimum atomic E-state index is 0.854. The molecule has 0 spiro atoms. The van der Waals surface area contributed by atoms with E-state index in [2.05, 4.69) is 55.4 Å². The van der Waals surface area contributed by atoms with Crippen LogP contribution < -0.4 is 0 Å². The number of unbranched alkanes of at least 4 members (excludes halogenated alkanes) is 5. The van der Waals surface area contributed by atoms with Gasteiger partial charge >= 0.3 is 0 Å². The molecule has 0 nitrogen and oxygen atoms in total. The van der Waals surface area contributed by atoms with Gasteiger partial charge in [-0.05, 0) is 54.8 Å². The van der Waals surface area contributed by atoms with Crippen LogP contribution >= 0.6 is 0 Å². The average Bonchev–Trinajstić information content (AvgIpc) is 2.65. The highest BCUT2D eigenvalue weighted by molar-refractivity contribution is 4.75. The molecule has 0 aliphatic heterocycles. The molecule has 170 valence electrons. The highest BCUT2D eigenvalue weighted by Gasteiger charge is 2.24. The van der Waals surface area contributed by atoms with E-state index in [0.29, 0.717) is 0 Å². The second-order valence-electron chi connectivity index (χ2n) is 10.7. The molecule has 0 heterocycles. The van der Waals surface area contributed by atoms with Crippen molar-refractivity contribution in [2.75, 3.05) is 0 Å². The van der Waals surface area contributed by atoms with Crippen LogP contribution in [0.15, 0.2) is 0 Å². The third-order valence-corrected chi connectivity index (χ3v) is 7.56. The Labute approximate surface area is 181 Å². The molecule has 0 aromatic heterocycles. The van der Waals surface area contributed by atoms with Gasteiger partial charge in [-0.2, -0.15) is 0 Å². The Morgan fingerprint density at radius 3 is 1.54 bits per heavy atom. The molecule has 0 amide bonds. The van der Waals surface area contributed by atoms with Gasteiger partial charge in [0.25, 0.3) is 0 Å². The third kappa shape index (κ3) is 13.3. The summed E-state index contributed by atoms with van der Waals surface area (Å²) in [7, 11) is 0. The Hall–Kier alpha value is 0. The number of rotatable bonds is 19. The van der Waals surface area contributed by atoms with Gasteiger partial charge in [-0.25, -0.2) is 0 Å². The fourth-order valence-electron chi connectivity index (χ4n) is 5.29. The van der Waals surface area contributed by atoms with Crippen LogP contribution in [-0.2, 0) is 0 Å². The van der Waals surface area contributed by atoms with Crippen LogP contribution in [0, 0.1) is 35.5 Å². The maximum atomic E-state index is 2.53. The van der Waals surface area contributed by atoms with Crippen molar-refractivity contribution in [2.45, 2.75) is 145 Å². The molecular weight excluding hydrogens is 336 g/mol. The van der Waals surface area contributed by atoms with Crippen molar-refractivity contribution in [1.29, 1.82) is 0 Å². The molecule has 0 fully saturated rings. The number of hydrogen-bond acceptors (Lipinski definition) is 0. The maximum Gasteiger partial charge on any atom is -0.0363 e. The van der Waals surface area contributed by atoms with Crippen molar-refractivity contribution >= 4 is 0 Å². The monoisotopic (exact) mass is 394 g/mol. The Balaban J connectivity index is 4.57. The van der Waals surface area contributed by atoms with Crippen molar-refractivity contribution in [3.8, 4) is 0 Å². The van der Waals surface area contributed by atoms with E-state index in [-0.39, 0.29) is 0 Å². The van der Waals surface area contributed by atoms with Crippen LogP contribution in [0.4, 0.5) is 0 Å². The largest absolute Gasteiger partial charge is 0.0654 e. The van der Waals surface area contributed by atoms with Crippen LogP contribution in [0.3, 0.4) is 0 Å². The van der Waals surface area contributed by atoms with Crippen LogP contribution in [0.25, 0.3) is 0 Å². The molecule has 0 saturated heterocycles. The first kappa shape index (κ1) is 28.0. The Morgan fingerprint density at radius 1 is 0.464 bits per heavy atom. The SMILES string of the molecule is CCCCCCCC(C(C)C)C(CCCC)CCC(C)CCC(CC)C(C)C. The van der Waals surface area contributed by atoms with E-state index in [9.17, 15) is 0 Å². The first-order valence-electron chi connectivity index (χ1n) is 13.4. The Kier molecular flexibility index (Phi) is 17.8. The maximum absolute atomic E-state index is 2.53. The lowest BCUT2D eigenvalue weighted by Crippen LogP contribution is -2.21. The van der Waals surface area contributed by atoms with E-state index in [1.54, 1.807) is 0 Å². The Bertz CT molecular complexity index is 316. The molecule has 0 rings (SSSR count). The first-order chi connectivity index (χ1) is 13.4. The van der Waals surface area contributed by atoms with E-state index < -0.39 is 0 Å². The first-order valence-corrected chi connectivity index (χ1v) is 13.4. The molecule has 0 aromatic rings. The standard InChI is InChI=1S/C28H58/c1-9-12-14-15-16-18-28(24(6)7)27(17-13-10-2)22-20-25(8)19-21-26(11-3)23(4)5/h23-28H,9-22H2,1-8H3. The summed E-state index contributed by atoms with van der Waals surface area (Å²) in [5.74, 6) is 5.49. The van der Waals surface area contributed by atoms with Gasteiger partial charge in [0.05, 0.1) is 0 Å². The van der Waals surface area contributed by atoms with Crippen molar-refractivity contribution in [3.05, 3.63) is 0 Å². The summed E-state index contributed by atoms with van der Waals surface area (Å²) in [6.45, 7) is 19.4. The molecule has 4 atom stereocenters. The third-order valence-electron chi connectivity index (χ3n) is 7.56. The lowest BCUT2D eigenvalue weighted by molar-refractivity contribution is 0.190. The molecule has 0 heteroatoms. The van der Waals surface area contributed by atoms with Crippen LogP contribution in [0.5, 0.6) is 0 Å². The summed E-state index contributed by atoms with van der Waals surface area (Å²) in [5.41, 5.74) is 0. The molecule has 0 N–H and O–H groups in total. The second kappa shape index (κ2) is 17.8. The second-order valence-corrected chi connectivity index (χ2v) is 10.7. The van der Waals surface area contributed by atoms with Crippen molar-refractivity contribution in [2.24, 2.45) is 35.5 Å². The van der Waals surface area contributed by atoms with Gasteiger partial charge in [-0.1, -0.05) is 126 Å². The lowest BCUT2D eigenvalue weighted by Gasteiger charge is -2.32. The molecule has 0 aromatic carbocycles. The molecule has 0 radical (unpaired) electrons. The van der Waals surface area contributed by atoms with Crippen LogP contribution in [-0.4, -0.2) is 0 Å². The van der Waals surface area contributed by atoms with Crippen LogP contribution in [0.1, 0.15) is 145 Å². The molecule has 0 aliphatic carbocycles. The zero-order valence-electron chi connectivity index (χ0n) is 21.4. The van der Waals surface area contributed by atoms with Crippen molar-refractivity contribution in [1.82, 2.24) is 0 Å². The van der Waals surface area contributed by atoms with Gasteiger partial charge in [0.1, 0.15) is 0 Å². The average molecular weight is 395 g/mol. The van der Waals surface area contributed by atoms with Gasteiger partial charge < -0.3 is 0 Å². The van der Waals surface area contributed by atoms with E-state index in [1.807, 2.05) is 0 Å². The van der Waals surface area contributed by atoms with E-state index in [4.69, 9.17) is 0 Å². The van der Waals surface area contributed by atoms with Gasteiger partial charge in [0.15, 0.2) is 0 Å². The summed E-state index contributed by atoms with van der Waals surface area (Å²) in [4.78, 5) is 0. The zero-order valence-corrected chi connectivity index (χ0v) is 21.4. The zero-order chi connectivity index (χ0) is 21.4. The molecule has 28 heavy (non-hydrogen) atoms. The minimum Gasteiger partial charge on any atom is -0.0654 e. The summed E-state index contributed by atoms with van der Waals surface area (Å²) >= 11 is 0. The highest BCUT2D eigenvalue weighted by Crippen LogP contribution is 2.35. The van der Waals surface area contributed by atoms with Gasteiger partial charge in [-0.15, -0.1) is 0 Å². The molecule has 0 bridgehead atoms. The highest BCUT2D eigenvalue weighted by atomic mass is 14.3. The predicted octanol–water partition coefficient (Wildman–Crippen LogP) is 10.3. The fourth-order valence-corrected chi connectivity index (χ4v) is 5.29. The lowest BCUT2D eigenvalue weighted by atomic mass is 9.74. The van der Waals surface area contributed by atoms with Gasteiger partial charge in [0.2, 0.25) is 0 Å². The van der Waals surface area contributed by atoms with Gasteiger partial charge in [-0.3, -0.25) is 0 Å². The van der Waals surface area contributed by atoms with E-state index in [0.717, 1.165) is 35.5 Å². The predicted molar refractivity (Wildman–Crippen MR) is 131 cm³/mol. The normalized spacial score (nSPS) is 16.5. The van der Waals surface area contributed by atoms with Crippen molar-refractivity contribution in [3.63, 3.8) is 0 Å². The minimum absolute atomic E-state index is 0.854. The van der Waals surface area contributed by atoms with Gasteiger partial charge in [0, 0.05) is 0 Å².